The van der Waals surface area contributed by atoms with Gasteiger partial charge in [0.1, 0.15) is 11.4 Å². The second kappa shape index (κ2) is 6.40. The maximum atomic E-state index is 15.2. The molecule has 2 atom stereocenters. The van der Waals surface area contributed by atoms with Gasteiger partial charge in [-0.25, -0.2) is 9.18 Å². The fourth-order valence-corrected chi connectivity index (χ4v) is 6.21. The first-order valence-corrected chi connectivity index (χ1v) is 11.1. The van der Waals surface area contributed by atoms with Crippen molar-refractivity contribution in [1.82, 2.24) is 4.57 Å². The summed E-state index contributed by atoms with van der Waals surface area (Å²) in [5, 5.41) is 0.111. The lowest BCUT2D eigenvalue weighted by molar-refractivity contribution is 0.0524. The number of nitrogens with zero attached hydrogens (tertiary/aromatic N) is 2. The molecule has 1 saturated carbocycles. The number of hydrogen-bond acceptors (Lipinski definition) is 5. The molecule has 0 N–H and O–H groups in total. The van der Waals surface area contributed by atoms with E-state index in [1.165, 1.54) is 12.3 Å². The third-order valence-corrected chi connectivity index (χ3v) is 7.40. The van der Waals surface area contributed by atoms with Gasteiger partial charge in [0.15, 0.2) is 0 Å². The van der Waals surface area contributed by atoms with E-state index in [-0.39, 0.29) is 29.6 Å². The third-order valence-electron chi connectivity index (χ3n) is 5.87. The molecule has 3 heterocycles. The van der Waals surface area contributed by atoms with Crippen LogP contribution in [0, 0.1) is 5.82 Å². The molecule has 0 radical (unpaired) electrons. The number of pyridine rings is 1. The zero-order valence-electron chi connectivity index (χ0n) is 15.6. The van der Waals surface area contributed by atoms with Gasteiger partial charge in [0, 0.05) is 30.6 Å². The van der Waals surface area contributed by atoms with Crippen LogP contribution in [0.1, 0.15) is 49.0 Å². The van der Waals surface area contributed by atoms with Gasteiger partial charge in [-0.15, -0.1) is 0 Å². The first-order valence-electron chi connectivity index (χ1n) is 9.74. The lowest BCUT2D eigenvalue weighted by atomic mass is 10.1. The smallest absolute Gasteiger partial charge is 0.343 e. The summed E-state index contributed by atoms with van der Waals surface area (Å²) < 4.78 is 35.2. The van der Waals surface area contributed by atoms with Gasteiger partial charge >= 0.3 is 5.97 Å². The monoisotopic (exact) mass is 404 g/mol. The van der Waals surface area contributed by atoms with Gasteiger partial charge in [0.2, 0.25) is 5.43 Å². The Labute approximate surface area is 163 Å². The minimum atomic E-state index is -1.40. The number of ether oxygens (including phenoxy) is 1. The molecule has 148 valence electrons. The molecular weight excluding hydrogens is 383 g/mol. The van der Waals surface area contributed by atoms with Crippen LogP contribution in [0.15, 0.2) is 22.0 Å². The minimum absolute atomic E-state index is 0.0835. The number of benzene rings is 1. The fourth-order valence-electron chi connectivity index (χ4n) is 4.48. The molecule has 0 bridgehead atoms. The Kier molecular flexibility index (Phi) is 4.08. The van der Waals surface area contributed by atoms with Gasteiger partial charge in [-0.1, -0.05) is 0 Å². The van der Waals surface area contributed by atoms with Crippen LogP contribution < -0.4 is 10.3 Å². The summed E-state index contributed by atoms with van der Waals surface area (Å²) >= 11 is 0. The Bertz CT molecular complexity index is 1090. The van der Waals surface area contributed by atoms with Crippen LogP contribution in [-0.2, 0) is 15.5 Å². The van der Waals surface area contributed by atoms with E-state index in [0.717, 1.165) is 32.2 Å². The van der Waals surface area contributed by atoms with Crippen LogP contribution in [0.25, 0.3) is 10.9 Å². The summed E-state index contributed by atoms with van der Waals surface area (Å²) in [5.74, 6) is -0.796. The zero-order chi connectivity index (χ0) is 19.6. The molecule has 6 nitrogen and oxygen atoms in total. The number of carbonyl (C=O) groups is 1. The average Bonchev–Trinajstić information content (AvgIpc) is 3.40. The lowest BCUT2D eigenvalue weighted by Crippen LogP contribution is -2.39. The molecule has 0 amide bonds. The number of anilines is 1. The molecule has 2 aromatic rings. The Hall–Kier alpha value is -2.22. The number of rotatable bonds is 3. The van der Waals surface area contributed by atoms with Crippen LogP contribution in [0.5, 0.6) is 0 Å². The molecule has 2 fully saturated rings. The molecule has 1 aromatic heterocycles. The van der Waals surface area contributed by atoms with Crippen molar-refractivity contribution >= 4 is 33.4 Å². The van der Waals surface area contributed by atoms with E-state index >= 15 is 4.39 Å². The van der Waals surface area contributed by atoms with Gasteiger partial charge < -0.3 is 14.2 Å². The summed E-state index contributed by atoms with van der Waals surface area (Å²) in [5.41, 5.74) is 0.228. The van der Waals surface area contributed by atoms with Crippen LogP contribution in [0.2, 0.25) is 0 Å². The normalized spacial score (nSPS) is 23.6. The van der Waals surface area contributed by atoms with Crippen LogP contribution in [-0.4, -0.2) is 39.7 Å². The Balaban J connectivity index is 1.85. The van der Waals surface area contributed by atoms with E-state index in [9.17, 15) is 13.8 Å². The van der Waals surface area contributed by atoms with Gasteiger partial charge in [-0.2, -0.15) is 0 Å². The van der Waals surface area contributed by atoms with Crippen molar-refractivity contribution in [3.63, 3.8) is 0 Å². The molecular formula is C20H21FN2O4S. The number of halogens is 1. The van der Waals surface area contributed by atoms with Gasteiger partial charge in [0.05, 0.1) is 38.9 Å². The average molecular weight is 404 g/mol. The van der Waals surface area contributed by atoms with Crippen LogP contribution >= 0.6 is 0 Å². The molecule has 28 heavy (non-hydrogen) atoms. The molecule has 5 rings (SSSR count). The first kappa shape index (κ1) is 17.8. The van der Waals surface area contributed by atoms with Crippen molar-refractivity contribution in [2.24, 2.45) is 0 Å². The molecule has 0 spiro atoms. The van der Waals surface area contributed by atoms with E-state index in [4.69, 9.17) is 4.74 Å². The van der Waals surface area contributed by atoms with E-state index < -0.39 is 28.0 Å². The SMILES string of the molecule is CCOC(=O)c1cn(C2CC2)c2c3c(c(F)cc2c1=O)N1CCCC1CS3=O. The van der Waals surface area contributed by atoms with Crippen LogP contribution in [0.4, 0.5) is 10.1 Å². The van der Waals surface area contributed by atoms with Crippen molar-refractivity contribution in [2.75, 3.05) is 23.8 Å². The molecule has 1 aromatic carbocycles. The van der Waals surface area contributed by atoms with E-state index in [1.54, 1.807) is 6.92 Å². The number of carbonyl (C=O) groups excluding carboxylic acids is 1. The van der Waals surface area contributed by atoms with Crippen molar-refractivity contribution in [3.05, 3.63) is 33.9 Å². The highest BCUT2D eigenvalue weighted by molar-refractivity contribution is 7.85. The molecule has 3 aliphatic rings. The quantitative estimate of drug-likeness (QED) is 0.736. The minimum Gasteiger partial charge on any atom is -0.462 e. The highest BCUT2D eigenvalue weighted by atomic mass is 32.2. The number of esters is 1. The van der Waals surface area contributed by atoms with E-state index in [2.05, 4.69) is 0 Å². The molecule has 2 aliphatic heterocycles. The highest BCUT2D eigenvalue weighted by Crippen LogP contribution is 2.44. The predicted molar refractivity (Wildman–Crippen MR) is 104 cm³/mol. The zero-order valence-corrected chi connectivity index (χ0v) is 16.4. The summed E-state index contributed by atoms with van der Waals surface area (Å²) in [6.45, 7) is 2.55. The van der Waals surface area contributed by atoms with Crippen LogP contribution in [0.3, 0.4) is 0 Å². The van der Waals surface area contributed by atoms with E-state index in [0.29, 0.717) is 21.9 Å². The third kappa shape index (κ3) is 2.53. The number of fused-ring (bicyclic) bond motifs is 5. The summed E-state index contributed by atoms with van der Waals surface area (Å²) in [6, 6.07) is 1.43. The predicted octanol–water partition coefficient (Wildman–Crippen LogP) is 2.74. The molecule has 8 heteroatoms. The highest BCUT2D eigenvalue weighted by Gasteiger charge is 2.39. The van der Waals surface area contributed by atoms with E-state index in [1.807, 2.05) is 9.47 Å². The topological polar surface area (TPSA) is 68.6 Å². The first-order chi connectivity index (χ1) is 13.5. The summed E-state index contributed by atoms with van der Waals surface area (Å²) in [7, 11) is -1.40. The molecule has 2 unspecified atom stereocenters. The summed E-state index contributed by atoms with van der Waals surface area (Å²) in [6.07, 6.45) is 5.18. The standard InChI is InChI=1S/C20H21FN2O4S/c1-2-27-20(25)14-9-23(11-5-6-11)16-13(18(14)24)8-15(21)17-19(16)28(26)10-12-4-3-7-22(12)17/h8-9,11-12H,2-7,10H2,1H3. The fraction of sp³-hybridized carbons (Fsp3) is 0.500. The van der Waals surface area contributed by atoms with Gasteiger partial charge in [-0.05, 0) is 38.7 Å². The number of aromatic nitrogens is 1. The second-order valence-electron chi connectivity index (χ2n) is 7.66. The Morgan fingerprint density at radius 1 is 1.32 bits per heavy atom. The van der Waals surface area contributed by atoms with Crippen molar-refractivity contribution in [2.45, 2.75) is 49.6 Å². The molecule has 1 aliphatic carbocycles. The maximum absolute atomic E-state index is 15.2. The Morgan fingerprint density at radius 2 is 2.11 bits per heavy atom. The van der Waals surface area contributed by atoms with Crippen molar-refractivity contribution in [3.8, 4) is 0 Å². The largest absolute Gasteiger partial charge is 0.462 e. The second-order valence-corrected chi connectivity index (χ2v) is 9.10. The van der Waals surface area contributed by atoms with Crippen molar-refractivity contribution < 1.29 is 18.1 Å². The van der Waals surface area contributed by atoms with Crippen molar-refractivity contribution in [1.29, 1.82) is 0 Å². The maximum Gasteiger partial charge on any atom is 0.343 e. The van der Waals surface area contributed by atoms with Gasteiger partial charge in [0.25, 0.3) is 0 Å². The number of hydrogen-bond donors (Lipinski definition) is 0. The Morgan fingerprint density at radius 3 is 2.82 bits per heavy atom. The summed E-state index contributed by atoms with van der Waals surface area (Å²) in [4.78, 5) is 27.7. The van der Waals surface area contributed by atoms with Gasteiger partial charge in [-0.3, -0.25) is 9.00 Å². The molecule has 1 saturated heterocycles. The lowest BCUT2D eigenvalue weighted by Gasteiger charge is -2.34.